The highest BCUT2D eigenvalue weighted by atomic mass is 79.9. The molecule has 1 aliphatic rings. The van der Waals surface area contributed by atoms with Gasteiger partial charge < -0.3 is 15.4 Å². The van der Waals surface area contributed by atoms with Gasteiger partial charge in [-0.15, -0.1) is 0 Å². The molecule has 148 valence electrons. The van der Waals surface area contributed by atoms with E-state index in [9.17, 15) is 14.4 Å². The van der Waals surface area contributed by atoms with Crippen LogP contribution in [-0.2, 0) is 14.4 Å². The van der Waals surface area contributed by atoms with Crippen LogP contribution in [0.15, 0.2) is 62.9 Å². The molecule has 0 fully saturated rings. The van der Waals surface area contributed by atoms with Crippen molar-refractivity contribution in [3.63, 3.8) is 0 Å². The van der Waals surface area contributed by atoms with E-state index in [0.29, 0.717) is 21.9 Å². The van der Waals surface area contributed by atoms with Crippen molar-refractivity contribution in [1.82, 2.24) is 5.32 Å². The third-order valence-corrected chi connectivity index (χ3v) is 4.97. The Labute approximate surface area is 179 Å². The zero-order chi connectivity index (χ0) is 20.8. The standard InChI is InChI=1S/C20H16BrN3O4S/c1-12(25)22-20-24-19(27)17(29-20)10-13-9-14(21)7-8-16(13)28-11-18(26)23-15-5-3-2-4-6-15/h2-10H,11H2,1H3,(H,23,26)(H,22,24,25,27)/b17-10-. The molecule has 2 N–H and O–H groups in total. The van der Waals surface area contributed by atoms with Gasteiger partial charge in [0.05, 0.1) is 4.91 Å². The molecule has 9 heteroatoms. The number of amidine groups is 1. The maximum absolute atomic E-state index is 12.1. The van der Waals surface area contributed by atoms with Crippen LogP contribution in [0.2, 0.25) is 0 Å². The number of carbonyl (C=O) groups is 3. The minimum absolute atomic E-state index is 0.193. The lowest BCUT2D eigenvalue weighted by molar-refractivity contribution is -0.118. The summed E-state index contributed by atoms with van der Waals surface area (Å²) in [6, 6.07) is 14.3. The largest absolute Gasteiger partial charge is 0.483 e. The number of halogens is 1. The Kier molecular flexibility index (Phi) is 6.84. The predicted octanol–water partition coefficient (Wildman–Crippen LogP) is 3.57. The van der Waals surface area contributed by atoms with Gasteiger partial charge in [0.1, 0.15) is 5.75 Å². The Bertz CT molecular complexity index is 1020. The second-order valence-electron chi connectivity index (χ2n) is 5.90. The number of nitrogens with one attached hydrogen (secondary N) is 2. The van der Waals surface area contributed by atoms with Crippen molar-refractivity contribution in [2.45, 2.75) is 6.92 Å². The van der Waals surface area contributed by atoms with Gasteiger partial charge in [-0.1, -0.05) is 34.1 Å². The molecule has 0 unspecified atom stereocenters. The molecule has 0 saturated heterocycles. The molecule has 2 aromatic carbocycles. The van der Waals surface area contributed by atoms with Gasteiger partial charge in [0.25, 0.3) is 11.8 Å². The topological polar surface area (TPSA) is 96.9 Å². The second-order valence-corrected chi connectivity index (χ2v) is 7.85. The summed E-state index contributed by atoms with van der Waals surface area (Å²) >= 11 is 4.45. The number of benzene rings is 2. The highest BCUT2D eigenvalue weighted by Gasteiger charge is 2.23. The lowest BCUT2D eigenvalue weighted by Crippen LogP contribution is -2.23. The molecule has 0 saturated carbocycles. The predicted molar refractivity (Wildman–Crippen MR) is 117 cm³/mol. The molecule has 29 heavy (non-hydrogen) atoms. The van der Waals surface area contributed by atoms with E-state index in [1.807, 2.05) is 18.2 Å². The monoisotopic (exact) mass is 473 g/mol. The summed E-state index contributed by atoms with van der Waals surface area (Å²) in [5.41, 5.74) is 1.27. The van der Waals surface area contributed by atoms with Crippen LogP contribution in [0.5, 0.6) is 5.75 Å². The maximum atomic E-state index is 12.1. The molecule has 7 nitrogen and oxygen atoms in total. The van der Waals surface area contributed by atoms with Crippen molar-refractivity contribution in [1.29, 1.82) is 0 Å². The maximum Gasteiger partial charge on any atom is 0.286 e. The molecule has 2 aromatic rings. The van der Waals surface area contributed by atoms with E-state index in [1.165, 1.54) is 6.92 Å². The first-order valence-electron chi connectivity index (χ1n) is 8.48. The molecule has 1 aliphatic heterocycles. The number of thioether (sulfide) groups is 1. The number of hydrogen-bond donors (Lipinski definition) is 2. The molecule has 0 aromatic heterocycles. The van der Waals surface area contributed by atoms with Gasteiger partial charge in [-0.2, -0.15) is 4.99 Å². The number of para-hydroxylation sites is 1. The lowest BCUT2D eigenvalue weighted by Gasteiger charge is -2.11. The first-order chi connectivity index (χ1) is 13.9. The van der Waals surface area contributed by atoms with Gasteiger partial charge in [-0.05, 0) is 48.2 Å². The number of hydrogen-bond acceptors (Lipinski definition) is 5. The summed E-state index contributed by atoms with van der Waals surface area (Å²) in [4.78, 5) is 39.5. The van der Waals surface area contributed by atoms with Crippen LogP contribution in [-0.4, -0.2) is 29.5 Å². The highest BCUT2D eigenvalue weighted by Crippen LogP contribution is 2.32. The van der Waals surface area contributed by atoms with Crippen LogP contribution < -0.4 is 15.4 Å². The zero-order valence-corrected chi connectivity index (χ0v) is 17.7. The van der Waals surface area contributed by atoms with Crippen LogP contribution in [0.25, 0.3) is 6.08 Å². The lowest BCUT2D eigenvalue weighted by atomic mass is 10.2. The van der Waals surface area contributed by atoms with Crippen molar-refractivity contribution in [3.8, 4) is 5.75 Å². The minimum Gasteiger partial charge on any atom is -0.483 e. The number of carbonyl (C=O) groups excluding carboxylic acids is 3. The Morgan fingerprint density at radius 3 is 2.66 bits per heavy atom. The van der Waals surface area contributed by atoms with E-state index in [0.717, 1.165) is 16.2 Å². The van der Waals surface area contributed by atoms with Gasteiger partial charge in [0.15, 0.2) is 11.8 Å². The molecule has 0 radical (unpaired) electrons. The van der Waals surface area contributed by atoms with Crippen molar-refractivity contribution in [3.05, 3.63) is 63.5 Å². The fourth-order valence-electron chi connectivity index (χ4n) is 2.38. The Hall–Kier alpha value is -2.91. The van der Waals surface area contributed by atoms with E-state index >= 15 is 0 Å². The summed E-state index contributed by atoms with van der Waals surface area (Å²) in [6.07, 6.45) is 1.61. The van der Waals surface area contributed by atoms with Crippen LogP contribution in [0.1, 0.15) is 12.5 Å². The summed E-state index contributed by atoms with van der Waals surface area (Å²) in [5.74, 6) is -0.627. The third-order valence-electron chi connectivity index (χ3n) is 3.58. The van der Waals surface area contributed by atoms with Gasteiger partial charge in [0.2, 0.25) is 5.91 Å². The SMILES string of the molecule is CC(=O)NC1=NC(=O)/C(=C/c2cc(Br)ccc2OCC(=O)Nc2ccccc2)S1. The normalized spacial score (nSPS) is 14.5. The first kappa shape index (κ1) is 20.8. The van der Waals surface area contributed by atoms with Crippen molar-refractivity contribution >= 4 is 62.3 Å². The zero-order valence-electron chi connectivity index (χ0n) is 15.3. The number of anilines is 1. The van der Waals surface area contributed by atoms with E-state index in [2.05, 4.69) is 31.6 Å². The van der Waals surface area contributed by atoms with Gasteiger partial charge in [-0.3, -0.25) is 14.4 Å². The molecule has 0 aliphatic carbocycles. The van der Waals surface area contributed by atoms with Gasteiger partial charge in [0, 0.05) is 22.6 Å². The van der Waals surface area contributed by atoms with E-state index in [1.54, 1.807) is 36.4 Å². The quantitative estimate of drug-likeness (QED) is 0.646. The number of aliphatic imine (C=N–C) groups is 1. The van der Waals surface area contributed by atoms with Gasteiger partial charge >= 0.3 is 0 Å². The molecule has 3 amide bonds. The van der Waals surface area contributed by atoms with Crippen LogP contribution in [0.3, 0.4) is 0 Å². The Morgan fingerprint density at radius 2 is 1.93 bits per heavy atom. The molecule has 0 bridgehead atoms. The van der Waals surface area contributed by atoms with E-state index in [-0.39, 0.29) is 23.6 Å². The fraction of sp³-hybridized carbons (Fsp3) is 0.100. The van der Waals surface area contributed by atoms with Crippen LogP contribution >= 0.6 is 27.7 Å². The molecule has 1 heterocycles. The molecular formula is C20H16BrN3O4S. The summed E-state index contributed by atoms with van der Waals surface area (Å²) in [7, 11) is 0. The summed E-state index contributed by atoms with van der Waals surface area (Å²) in [5, 5.41) is 5.47. The number of ether oxygens (including phenoxy) is 1. The summed E-state index contributed by atoms with van der Waals surface area (Å²) in [6.45, 7) is 1.15. The fourth-order valence-corrected chi connectivity index (χ4v) is 3.61. The van der Waals surface area contributed by atoms with Crippen molar-refractivity contribution in [2.24, 2.45) is 4.99 Å². The molecule has 0 atom stereocenters. The average Bonchev–Trinajstić information content (AvgIpc) is 3.00. The number of nitrogens with zero attached hydrogens (tertiary/aromatic N) is 1. The second kappa shape index (κ2) is 9.53. The van der Waals surface area contributed by atoms with Crippen molar-refractivity contribution in [2.75, 3.05) is 11.9 Å². The number of rotatable bonds is 5. The molecule has 3 rings (SSSR count). The van der Waals surface area contributed by atoms with Gasteiger partial charge in [-0.25, -0.2) is 0 Å². The van der Waals surface area contributed by atoms with E-state index in [4.69, 9.17) is 4.74 Å². The Balaban J connectivity index is 1.71. The van der Waals surface area contributed by atoms with Crippen LogP contribution in [0, 0.1) is 0 Å². The third kappa shape index (κ3) is 6.03. The minimum atomic E-state index is -0.452. The van der Waals surface area contributed by atoms with E-state index < -0.39 is 5.91 Å². The smallest absolute Gasteiger partial charge is 0.286 e. The first-order valence-corrected chi connectivity index (χ1v) is 10.1. The number of amides is 3. The highest BCUT2D eigenvalue weighted by molar-refractivity contribution is 9.10. The molecule has 0 spiro atoms. The molecular weight excluding hydrogens is 458 g/mol. The van der Waals surface area contributed by atoms with Crippen molar-refractivity contribution < 1.29 is 19.1 Å². The Morgan fingerprint density at radius 1 is 1.17 bits per heavy atom. The summed E-state index contributed by atoms with van der Waals surface area (Å²) < 4.78 is 6.44. The average molecular weight is 474 g/mol. The van der Waals surface area contributed by atoms with Crippen LogP contribution in [0.4, 0.5) is 5.69 Å².